The summed E-state index contributed by atoms with van der Waals surface area (Å²) in [7, 11) is 0. The molecule has 0 fully saturated rings. The average molecular weight is 391 g/mol. The lowest BCUT2D eigenvalue weighted by atomic mass is 10.0. The molecule has 2 rings (SSSR count). The highest BCUT2D eigenvalue weighted by atomic mass is 16.5. The number of rotatable bonds is 9. The summed E-state index contributed by atoms with van der Waals surface area (Å²) in [6.07, 6.45) is 4.27. The first-order chi connectivity index (χ1) is 13.2. The quantitative estimate of drug-likeness (QED) is 0.659. The summed E-state index contributed by atoms with van der Waals surface area (Å²) in [5, 5.41) is 2.94. The van der Waals surface area contributed by atoms with Gasteiger partial charge in [0, 0.05) is 6.04 Å². The predicted molar refractivity (Wildman–Crippen MR) is 105 cm³/mol. The zero-order chi connectivity index (χ0) is 20.8. The van der Waals surface area contributed by atoms with Crippen molar-refractivity contribution >= 4 is 23.0 Å². The third-order valence-corrected chi connectivity index (χ3v) is 4.47. The topological polar surface area (TPSA) is 103 Å². The van der Waals surface area contributed by atoms with E-state index in [1.54, 1.807) is 13.8 Å². The summed E-state index contributed by atoms with van der Waals surface area (Å²) in [5.41, 5.74) is -0.386. The summed E-state index contributed by atoms with van der Waals surface area (Å²) in [5.74, 6) is -0.0258. The fraction of sp³-hybridized carbons (Fsp3) is 0.600. The number of hydrogen-bond donors (Lipinski definition) is 1. The average Bonchev–Trinajstić information content (AvgIpc) is 2.94. The number of carbonyl (C=O) groups excluding carboxylic acids is 2. The second-order valence-corrected chi connectivity index (χ2v) is 7.40. The van der Waals surface area contributed by atoms with Crippen molar-refractivity contribution in [3.8, 4) is 0 Å². The molecule has 1 atom stereocenters. The van der Waals surface area contributed by atoms with Crippen molar-refractivity contribution in [1.82, 2.24) is 14.9 Å². The standard InChI is InChI=1S/C20H29N3O5/c1-6-27-20(26)16-14(5)28-18-17(16)19(25)23(11-21-18)10-15(24)22-13(4)9-7-8-12(2)3/h11-13H,6-10H2,1-5H3,(H,22,24)/t13-/m0/s1. The largest absolute Gasteiger partial charge is 0.462 e. The van der Waals surface area contributed by atoms with Crippen molar-refractivity contribution in [2.24, 2.45) is 5.92 Å². The molecule has 8 heteroatoms. The summed E-state index contributed by atoms with van der Waals surface area (Å²) in [6, 6.07) is 0.0184. The molecule has 8 nitrogen and oxygen atoms in total. The maximum atomic E-state index is 12.8. The van der Waals surface area contributed by atoms with Crippen LogP contribution in [0.5, 0.6) is 0 Å². The van der Waals surface area contributed by atoms with Crippen molar-refractivity contribution < 1.29 is 18.7 Å². The normalized spacial score (nSPS) is 12.4. The number of aryl methyl sites for hydroxylation is 1. The minimum atomic E-state index is -0.640. The lowest BCUT2D eigenvalue weighted by Gasteiger charge is -2.15. The second-order valence-electron chi connectivity index (χ2n) is 7.40. The van der Waals surface area contributed by atoms with Crippen LogP contribution in [0.4, 0.5) is 0 Å². The van der Waals surface area contributed by atoms with Crippen LogP contribution >= 0.6 is 0 Å². The molecule has 0 aliphatic rings. The molecular weight excluding hydrogens is 362 g/mol. The van der Waals surface area contributed by atoms with E-state index in [1.807, 2.05) is 6.92 Å². The van der Waals surface area contributed by atoms with Gasteiger partial charge in [-0.2, -0.15) is 0 Å². The smallest absolute Gasteiger partial charge is 0.342 e. The Kier molecular flexibility index (Phi) is 7.37. The van der Waals surface area contributed by atoms with Gasteiger partial charge in [0.15, 0.2) is 0 Å². The lowest BCUT2D eigenvalue weighted by molar-refractivity contribution is -0.122. The summed E-state index contributed by atoms with van der Waals surface area (Å²) < 4.78 is 11.6. The SMILES string of the molecule is CCOC(=O)c1c(C)oc2ncn(CC(=O)N[C@@H](C)CCCC(C)C)c(=O)c12. The van der Waals surface area contributed by atoms with Gasteiger partial charge in [0.1, 0.15) is 29.6 Å². The van der Waals surface area contributed by atoms with E-state index in [4.69, 9.17) is 9.15 Å². The highest BCUT2D eigenvalue weighted by Crippen LogP contribution is 2.21. The first-order valence-corrected chi connectivity index (χ1v) is 9.69. The van der Waals surface area contributed by atoms with Gasteiger partial charge in [0.2, 0.25) is 11.6 Å². The number of carbonyl (C=O) groups is 2. The van der Waals surface area contributed by atoms with Crippen molar-refractivity contribution in [3.05, 3.63) is 28.0 Å². The van der Waals surface area contributed by atoms with Crippen LogP contribution in [0.2, 0.25) is 0 Å². The Balaban J connectivity index is 2.16. The molecule has 28 heavy (non-hydrogen) atoms. The number of nitrogens with one attached hydrogen (secondary N) is 1. The van der Waals surface area contributed by atoms with Crippen LogP contribution in [0.15, 0.2) is 15.5 Å². The van der Waals surface area contributed by atoms with Crippen LogP contribution in [0.1, 0.15) is 63.1 Å². The fourth-order valence-corrected chi connectivity index (χ4v) is 3.08. The molecular formula is C20H29N3O5. The van der Waals surface area contributed by atoms with Crippen LogP contribution in [0, 0.1) is 12.8 Å². The first-order valence-electron chi connectivity index (χ1n) is 9.69. The van der Waals surface area contributed by atoms with Gasteiger partial charge >= 0.3 is 5.97 Å². The number of furan rings is 1. The number of fused-ring (bicyclic) bond motifs is 1. The van der Waals surface area contributed by atoms with Crippen LogP contribution < -0.4 is 10.9 Å². The number of amides is 1. The highest BCUT2D eigenvalue weighted by Gasteiger charge is 2.24. The summed E-state index contributed by atoms with van der Waals surface area (Å²) in [6.45, 7) is 9.53. The van der Waals surface area contributed by atoms with Gasteiger partial charge in [0.25, 0.3) is 5.56 Å². The van der Waals surface area contributed by atoms with Crippen LogP contribution in [-0.2, 0) is 16.1 Å². The number of hydrogen-bond acceptors (Lipinski definition) is 6. The van der Waals surface area contributed by atoms with Crippen LogP contribution in [0.3, 0.4) is 0 Å². The van der Waals surface area contributed by atoms with Gasteiger partial charge in [-0.25, -0.2) is 9.78 Å². The third-order valence-electron chi connectivity index (χ3n) is 4.47. The van der Waals surface area contributed by atoms with Gasteiger partial charge in [-0.15, -0.1) is 0 Å². The Labute approximate surface area is 164 Å². The van der Waals surface area contributed by atoms with Gasteiger partial charge in [-0.3, -0.25) is 14.2 Å². The fourth-order valence-electron chi connectivity index (χ4n) is 3.08. The molecule has 1 amide bonds. The molecule has 0 bridgehead atoms. The molecule has 0 aromatic carbocycles. The molecule has 0 saturated carbocycles. The van der Waals surface area contributed by atoms with Crippen LogP contribution in [0.25, 0.3) is 11.1 Å². The number of aromatic nitrogens is 2. The van der Waals surface area contributed by atoms with Crippen molar-refractivity contribution in [3.63, 3.8) is 0 Å². The number of ether oxygens (including phenoxy) is 1. The molecule has 154 valence electrons. The molecule has 0 aliphatic carbocycles. The van der Waals surface area contributed by atoms with E-state index < -0.39 is 11.5 Å². The molecule has 2 aromatic rings. The van der Waals surface area contributed by atoms with E-state index >= 15 is 0 Å². The van der Waals surface area contributed by atoms with E-state index in [1.165, 1.54) is 10.9 Å². The maximum Gasteiger partial charge on any atom is 0.342 e. The van der Waals surface area contributed by atoms with Gasteiger partial charge < -0.3 is 14.5 Å². The predicted octanol–water partition coefficient (Wildman–Crippen LogP) is 2.81. The Hall–Kier alpha value is -2.64. The lowest BCUT2D eigenvalue weighted by Crippen LogP contribution is -2.37. The second kappa shape index (κ2) is 9.52. The number of esters is 1. The monoisotopic (exact) mass is 391 g/mol. The molecule has 1 N–H and O–H groups in total. The zero-order valence-electron chi connectivity index (χ0n) is 17.2. The van der Waals surface area contributed by atoms with Gasteiger partial charge in [0.05, 0.1) is 6.61 Å². The minimum Gasteiger partial charge on any atom is -0.462 e. The molecule has 2 aromatic heterocycles. The maximum absolute atomic E-state index is 12.8. The molecule has 0 saturated heterocycles. The molecule has 0 radical (unpaired) electrons. The first kappa shape index (κ1) is 21.7. The minimum absolute atomic E-state index is 0.0184. The Bertz CT molecular complexity index is 897. The molecule has 0 aliphatic heterocycles. The third kappa shape index (κ3) is 5.21. The molecule has 0 spiro atoms. The Morgan fingerprint density at radius 2 is 2.00 bits per heavy atom. The van der Waals surface area contributed by atoms with E-state index in [0.717, 1.165) is 19.3 Å². The number of nitrogens with zero attached hydrogens (tertiary/aromatic N) is 2. The van der Waals surface area contributed by atoms with Gasteiger partial charge in [-0.1, -0.05) is 26.7 Å². The molecule has 2 heterocycles. The summed E-state index contributed by atoms with van der Waals surface area (Å²) in [4.78, 5) is 41.4. The Morgan fingerprint density at radius 1 is 1.29 bits per heavy atom. The van der Waals surface area contributed by atoms with E-state index in [2.05, 4.69) is 24.1 Å². The Morgan fingerprint density at radius 3 is 2.64 bits per heavy atom. The highest BCUT2D eigenvalue weighted by molar-refractivity contribution is 6.03. The van der Waals surface area contributed by atoms with Crippen molar-refractivity contribution in [2.75, 3.05) is 6.61 Å². The van der Waals surface area contributed by atoms with Gasteiger partial charge in [-0.05, 0) is 33.1 Å². The molecule has 0 unspecified atom stereocenters. The van der Waals surface area contributed by atoms with E-state index in [0.29, 0.717) is 5.92 Å². The van der Waals surface area contributed by atoms with Crippen LogP contribution in [-0.4, -0.2) is 34.1 Å². The van der Waals surface area contributed by atoms with E-state index in [-0.39, 0.29) is 47.5 Å². The van der Waals surface area contributed by atoms with E-state index in [9.17, 15) is 14.4 Å². The van der Waals surface area contributed by atoms with Crippen molar-refractivity contribution in [2.45, 2.75) is 66.5 Å². The summed E-state index contributed by atoms with van der Waals surface area (Å²) >= 11 is 0. The van der Waals surface area contributed by atoms with Crippen molar-refractivity contribution in [1.29, 1.82) is 0 Å². The zero-order valence-corrected chi connectivity index (χ0v) is 17.2.